The quantitative estimate of drug-likeness (QED) is 0.492. The summed E-state index contributed by atoms with van der Waals surface area (Å²) in [5.74, 6) is -0.499. The summed E-state index contributed by atoms with van der Waals surface area (Å²) in [6.45, 7) is 4.24. The zero-order valence-electron chi connectivity index (χ0n) is 10.8. The van der Waals surface area contributed by atoms with Crippen LogP contribution in [0.4, 0.5) is 0 Å². The molecule has 0 aromatic carbocycles. The van der Waals surface area contributed by atoms with Gasteiger partial charge in [-0.1, -0.05) is 0 Å². The van der Waals surface area contributed by atoms with E-state index in [0.717, 1.165) is 6.54 Å². The summed E-state index contributed by atoms with van der Waals surface area (Å²) in [7, 11) is 1.56. The molecular formula is C11H21N3O4. The standard InChI is InChI=1S/C11H21N3O4/c1-8(10(15)13-4-5-17-2)14-11(16)9-7-12-3-6-18-9/h8-9,12H,3-7H2,1-2H3,(H,13,15)(H,14,16). The predicted molar refractivity (Wildman–Crippen MR) is 65.1 cm³/mol. The molecule has 7 nitrogen and oxygen atoms in total. The summed E-state index contributed by atoms with van der Waals surface area (Å²) in [5.41, 5.74) is 0. The van der Waals surface area contributed by atoms with E-state index in [1.165, 1.54) is 0 Å². The molecule has 2 amide bonds. The second kappa shape index (κ2) is 8.02. The second-order valence-electron chi connectivity index (χ2n) is 4.08. The molecule has 2 atom stereocenters. The number of rotatable bonds is 6. The molecule has 18 heavy (non-hydrogen) atoms. The summed E-state index contributed by atoms with van der Waals surface area (Å²) in [6, 6.07) is -0.583. The Morgan fingerprint density at radius 2 is 2.33 bits per heavy atom. The van der Waals surface area contributed by atoms with E-state index in [1.807, 2.05) is 0 Å². The summed E-state index contributed by atoms with van der Waals surface area (Å²) < 4.78 is 10.1. The normalized spacial score (nSPS) is 21.1. The molecule has 2 unspecified atom stereocenters. The molecule has 0 aromatic rings. The van der Waals surface area contributed by atoms with Crippen molar-refractivity contribution in [3.63, 3.8) is 0 Å². The van der Waals surface area contributed by atoms with Crippen molar-refractivity contribution in [3.8, 4) is 0 Å². The highest BCUT2D eigenvalue weighted by molar-refractivity contribution is 5.89. The highest BCUT2D eigenvalue weighted by Gasteiger charge is 2.24. The highest BCUT2D eigenvalue weighted by Crippen LogP contribution is 1.96. The minimum Gasteiger partial charge on any atom is -0.383 e. The number of carbonyl (C=O) groups is 2. The molecule has 7 heteroatoms. The van der Waals surface area contributed by atoms with Crippen LogP contribution in [0.5, 0.6) is 0 Å². The Labute approximate surface area is 107 Å². The largest absolute Gasteiger partial charge is 0.383 e. The van der Waals surface area contributed by atoms with Crippen molar-refractivity contribution in [1.29, 1.82) is 0 Å². The molecule has 0 aromatic heterocycles. The summed E-state index contributed by atoms with van der Waals surface area (Å²) in [5, 5.41) is 8.33. The van der Waals surface area contributed by atoms with Gasteiger partial charge in [0.05, 0.1) is 13.2 Å². The number of ether oxygens (including phenoxy) is 2. The third-order valence-electron chi connectivity index (χ3n) is 2.58. The molecule has 0 radical (unpaired) electrons. The van der Waals surface area contributed by atoms with E-state index in [4.69, 9.17) is 9.47 Å². The van der Waals surface area contributed by atoms with Crippen LogP contribution in [0.2, 0.25) is 0 Å². The molecule has 1 rings (SSSR count). The van der Waals surface area contributed by atoms with E-state index in [1.54, 1.807) is 14.0 Å². The molecule has 0 aliphatic carbocycles. The number of nitrogens with one attached hydrogen (secondary N) is 3. The first-order valence-corrected chi connectivity index (χ1v) is 6.04. The third kappa shape index (κ3) is 4.99. The lowest BCUT2D eigenvalue weighted by atomic mass is 10.2. The lowest BCUT2D eigenvalue weighted by Crippen LogP contribution is -2.53. The summed E-state index contributed by atoms with van der Waals surface area (Å²) >= 11 is 0. The molecular weight excluding hydrogens is 238 g/mol. The fraction of sp³-hybridized carbons (Fsp3) is 0.818. The van der Waals surface area contributed by atoms with E-state index in [9.17, 15) is 9.59 Å². The molecule has 1 aliphatic rings. The fourth-order valence-electron chi connectivity index (χ4n) is 1.54. The van der Waals surface area contributed by atoms with E-state index in [-0.39, 0.29) is 11.8 Å². The number of hydrogen-bond donors (Lipinski definition) is 3. The lowest BCUT2D eigenvalue weighted by molar-refractivity contribution is -0.137. The van der Waals surface area contributed by atoms with Crippen LogP contribution in [0.1, 0.15) is 6.92 Å². The maximum absolute atomic E-state index is 11.8. The lowest BCUT2D eigenvalue weighted by Gasteiger charge is -2.24. The van der Waals surface area contributed by atoms with Gasteiger partial charge in [-0.3, -0.25) is 9.59 Å². The van der Waals surface area contributed by atoms with Crippen LogP contribution < -0.4 is 16.0 Å². The number of morpholine rings is 1. The van der Waals surface area contributed by atoms with Gasteiger partial charge in [-0.25, -0.2) is 0 Å². The maximum Gasteiger partial charge on any atom is 0.251 e. The van der Waals surface area contributed by atoms with Gasteiger partial charge in [-0.15, -0.1) is 0 Å². The SMILES string of the molecule is COCCNC(=O)C(C)NC(=O)C1CNCCO1. The number of hydrogen-bond acceptors (Lipinski definition) is 5. The molecule has 1 aliphatic heterocycles. The van der Waals surface area contributed by atoms with E-state index >= 15 is 0 Å². The molecule has 0 bridgehead atoms. The first-order valence-electron chi connectivity index (χ1n) is 6.04. The number of methoxy groups -OCH3 is 1. The molecule has 3 N–H and O–H groups in total. The Kier molecular flexibility index (Phi) is 6.63. The topological polar surface area (TPSA) is 88.7 Å². The van der Waals surface area contributed by atoms with Crippen molar-refractivity contribution in [2.24, 2.45) is 0 Å². The number of amides is 2. The molecule has 1 fully saturated rings. The Hall–Kier alpha value is -1.18. The highest BCUT2D eigenvalue weighted by atomic mass is 16.5. The first kappa shape index (κ1) is 14.9. The Balaban J connectivity index is 2.27. The van der Waals surface area contributed by atoms with E-state index in [0.29, 0.717) is 26.3 Å². The van der Waals surface area contributed by atoms with E-state index in [2.05, 4.69) is 16.0 Å². The zero-order valence-corrected chi connectivity index (χ0v) is 10.8. The van der Waals surface area contributed by atoms with Crippen LogP contribution in [0.3, 0.4) is 0 Å². The van der Waals surface area contributed by atoms with Crippen LogP contribution in [-0.4, -0.2) is 63.9 Å². The van der Waals surface area contributed by atoms with Gasteiger partial charge in [0.15, 0.2) is 0 Å². The van der Waals surface area contributed by atoms with Crippen LogP contribution in [0.15, 0.2) is 0 Å². The van der Waals surface area contributed by atoms with Gasteiger partial charge in [0.25, 0.3) is 5.91 Å². The van der Waals surface area contributed by atoms with Crippen LogP contribution in [-0.2, 0) is 19.1 Å². The van der Waals surface area contributed by atoms with Gasteiger partial charge in [0.2, 0.25) is 5.91 Å². The summed E-state index contributed by atoms with van der Waals surface area (Å²) in [6.07, 6.45) is -0.520. The molecule has 1 heterocycles. The summed E-state index contributed by atoms with van der Waals surface area (Å²) in [4.78, 5) is 23.4. The van der Waals surface area contributed by atoms with E-state index < -0.39 is 12.1 Å². The Morgan fingerprint density at radius 3 is 2.94 bits per heavy atom. The van der Waals surface area contributed by atoms with Crippen LogP contribution >= 0.6 is 0 Å². The van der Waals surface area contributed by atoms with Gasteiger partial charge in [0, 0.05) is 26.7 Å². The van der Waals surface area contributed by atoms with Gasteiger partial charge >= 0.3 is 0 Å². The minimum atomic E-state index is -0.583. The Morgan fingerprint density at radius 1 is 1.56 bits per heavy atom. The fourth-order valence-corrected chi connectivity index (χ4v) is 1.54. The van der Waals surface area contributed by atoms with Crippen molar-refractivity contribution in [1.82, 2.24) is 16.0 Å². The monoisotopic (exact) mass is 259 g/mol. The smallest absolute Gasteiger partial charge is 0.251 e. The average molecular weight is 259 g/mol. The maximum atomic E-state index is 11.8. The van der Waals surface area contributed by atoms with Crippen molar-refractivity contribution >= 4 is 11.8 Å². The zero-order chi connectivity index (χ0) is 13.4. The van der Waals surface area contributed by atoms with Gasteiger partial charge < -0.3 is 25.4 Å². The van der Waals surface area contributed by atoms with Crippen molar-refractivity contribution in [3.05, 3.63) is 0 Å². The average Bonchev–Trinajstić information content (AvgIpc) is 2.39. The molecule has 1 saturated heterocycles. The van der Waals surface area contributed by atoms with Crippen LogP contribution in [0.25, 0.3) is 0 Å². The number of carbonyl (C=O) groups excluding carboxylic acids is 2. The Bertz CT molecular complexity index is 279. The van der Waals surface area contributed by atoms with Gasteiger partial charge in [0.1, 0.15) is 12.1 Å². The van der Waals surface area contributed by atoms with Crippen molar-refractivity contribution in [2.75, 3.05) is 40.0 Å². The predicted octanol–water partition coefficient (Wildman–Crippen LogP) is -1.76. The third-order valence-corrected chi connectivity index (χ3v) is 2.58. The second-order valence-corrected chi connectivity index (χ2v) is 4.08. The van der Waals surface area contributed by atoms with Crippen molar-refractivity contribution in [2.45, 2.75) is 19.1 Å². The van der Waals surface area contributed by atoms with Crippen molar-refractivity contribution < 1.29 is 19.1 Å². The molecule has 0 saturated carbocycles. The van der Waals surface area contributed by atoms with Gasteiger partial charge in [-0.2, -0.15) is 0 Å². The minimum absolute atomic E-state index is 0.232. The first-order chi connectivity index (χ1) is 8.65. The molecule has 104 valence electrons. The van der Waals surface area contributed by atoms with Gasteiger partial charge in [-0.05, 0) is 6.92 Å². The van der Waals surface area contributed by atoms with Crippen LogP contribution in [0, 0.1) is 0 Å². The molecule has 0 spiro atoms.